The van der Waals surface area contributed by atoms with Crippen molar-refractivity contribution >= 4 is 15.8 Å². The van der Waals surface area contributed by atoms with Crippen LogP contribution in [0.25, 0.3) is 0 Å². The molecule has 2 rings (SSSR count). The van der Waals surface area contributed by atoms with Crippen LogP contribution in [0.3, 0.4) is 0 Å². The predicted molar refractivity (Wildman–Crippen MR) is 61.5 cm³/mol. The van der Waals surface area contributed by atoms with E-state index in [0.29, 0.717) is 0 Å². The lowest BCUT2D eigenvalue weighted by Gasteiger charge is -2.10. The molecule has 0 spiro atoms. The molecule has 5 nitrogen and oxygen atoms in total. The Morgan fingerprint density at radius 2 is 1.94 bits per heavy atom. The zero-order chi connectivity index (χ0) is 12.5. The number of hydrogen-bond donors (Lipinski definition) is 2. The maximum Gasteiger partial charge on any atom is 0.320 e. The number of rotatable bonds is 3. The molecule has 92 valence electrons. The van der Waals surface area contributed by atoms with Crippen molar-refractivity contribution in [2.24, 2.45) is 0 Å². The number of carbonyl (C=O) groups is 1. The Morgan fingerprint density at radius 3 is 2.47 bits per heavy atom. The van der Waals surface area contributed by atoms with Crippen molar-refractivity contribution in [1.82, 2.24) is 5.32 Å². The molecule has 17 heavy (non-hydrogen) atoms. The highest BCUT2D eigenvalue weighted by atomic mass is 32.2. The highest BCUT2D eigenvalue weighted by Crippen LogP contribution is 2.22. The van der Waals surface area contributed by atoms with E-state index in [-0.39, 0.29) is 17.9 Å². The topological polar surface area (TPSA) is 83.5 Å². The van der Waals surface area contributed by atoms with Gasteiger partial charge in [0.15, 0.2) is 9.84 Å². The lowest BCUT2D eigenvalue weighted by Crippen LogP contribution is -2.30. The maximum absolute atomic E-state index is 12.2. The molecule has 6 heteroatoms. The van der Waals surface area contributed by atoms with Crippen LogP contribution >= 0.6 is 0 Å². The molecule has 0 amide bonds. The van der Waals surface area contributed by atoms with Crippen LogP contribution in [-0.4, -0.2) is 37.3 Å². The van der Waals surface area contributed by atoms with Gasteiger partial charge in [0.25, 0.3) is 0 Å². The third kappa shape index (κ3) is 2.32. The Labute approximate surface area is 99.4 Å². The van der Waals surface area contributed by atoms with Gasteiger partial charge in [0.05, 0.1) is 10.1 Å². The van der Waals surface area contributed by atoms with E-state index in [1.807, 2.05) is 0 Å². The summed E-state index contributed by atoms with van der Waals surface area (Å²) in [7, 11) is -3.43. The van der Waals surface area contributed by atoms with Gasteiger partial charge >= 0.3 is 5.97 Å². The van der Waals surface area contributed by atoms with Crippen LogP contribution in [0.2, 0.25) is 0 Å². The van der Waals surface area contributed by atoms with Gasteiger partial charge in [-0.3, -0.25) is 4.79 Å². The maximum atomic E-state index is 12.2. The van der Waals surface area contributed by atoms with Gasteiger partial charge in [-0.15, -0.1) is 0 Å². The van der Waals surface area contributed by atoms with E-state index in [9.17, 15) is 13.2 Å². The smallest absolute Gasteiger partial charge is 0.320 e. The van der Waals surface area contributed by atoms with E-state index in [2.05, 4.69) is 5.32 Å². The number of hydrogen-bond acceptors (Lipinski definition) is 4. The van der Waals surface area contributed by atoms with E-state index < -0.39 is 27.1 Å². The van der Waals surface area contributed by atoms with E-state index >= 15 is 0 Å². The van der Waals surface area contributed by atoms with Crippen LogP contribution in [0.1, 0.15) is 6.42 Å². The predicted octanol–water partition coefficient (Wildman–Crippen LogP) is 0.275. The van der Waals surface area contributed by atoms with Crippen molar-refractivity contribution in [1.29, 1.82) is 0 Å². The Kier molecular flexibility index (Phi) is 3.17. The first-order chi connectivity index (χ1) is 8.01. The fourth-order valence-electron chi connectivity index (χ4n) is 1.93. The Morgan fingerprint density at radius 1 is 1.29 bits per heavy atom. The van der Waals surface area contributed by atoms with Gasteiger partial charge in [-0.2, -0.15) is 0 Å². The molecule has 2 atom stereocenters. The molecule has 0 radical (unpaired) electrons. The first-order valence-electron chi connectivity index (χ1n) is 5.27. The molecule has 0 unspecified atom stereocenters. The molecule has 0 aliphatic carbocycles. The molecule has 0 bridgehead atoms. The summed E-state index contributed by atoms with van der Waals surface area (Å²) in [5, 5.41) is 10.9. The van der Waals surface area contributed by atoms with Crippen molar-refractivity contribution in [2.75, 3.05) is 6.54 Å². The summed E-state index contributed by atoms with van der Waals surface area (Å²) < 4.78 is 24.3. The van der Waals surface area contributed by atoms with E-state index in [0.717, 1.165) is 0 Å². The van der Waals surface area contributed by atoms with Gasteiger partial charge in [0.2, 0.25) is 0 Å². The Balaban J connectivity index is 2.22. The molecule has 1 fully saturated rings. The standard InChI is InChI=1S/C11H13NO4S/c13-11(14)10-6-9(7-12-10)17(15,16)8-4-2-1-3-5-8/h1-5,9-10,12H,6-7H2,(H,13,14)/t9-,10+/m1/s1. The summed E-state index contributed by atoms with van der Waals surface area (Å²) >= 11 is 0. The van der Waals surface area contributed by atoms with Gasteiger partial charge in [-0.1, -0.05) is 18.2 Å². The summed E-state index contributed by atoms with van der Waals surface area (Å²) in [5.41, 5.74) is 0. The molecule has 0 saturated carbocycles. The van der Waals surface area contributed by atoms with Crippen LogP contribution in [0.5, 0.6) is 0 Å². The van der Waals surface area contributed by atoms with Crippen molar-refractivity contribution in [2.45, 2.75) is 22.6 Å². The van der Waals surface area contributed by atoms with Crippen molar-refractivity contribution in [3.05, 3.63) is 30.3 Å². The molecule has 1 aliphatic heterocycles. The van der Waals surface area contributed by atoms with Gasteiger partial charge < -0.3 is 10.4 Å². The number of nitrogens with one attached hydrogen (secondary N) is 1. The van der Waals surface area contributed by atoms with Gasteiger partial charge in [-0.05, 0) is 18.6 Å². The number of aliphatic carboxylic acids is 1. The second-order valence-corrected chi connectivity index (χ2v) is 6.24. The second kappa shape index (κ2) is 4.46. The van der Waals surface area contributed by atoms with Crippen LogP contribution < -0.4 is 5.32 Å². The molecule has 1 aromatic rings. The summed E-state index contributed by atoms with van der Waals surface area (Å²) in [5.74, 6) is -1.00. The van der Waals surface area contributed by atoms with Crippen LogP contribution in [0.15, 0.2) is 35.2 Å². The SMILES string of the molecule is O=C(O)[C@@H]1C[C@@H](S(=O)(=O)c2ccccc2)CN1. The monoisotopic (exact) mass is 255 g/mol. The van der Waals surface area contributed by atoms with Gasteiger partial charge in [0.1, 0.15) is 6.04 Å². The van der Waals surface area contributed by atoms with Crippen molar-refractivity contribution in [3.8, 4) is 0 Å². The quantitative estimate of drug-likeness (QED) is 0.810. The molecular weight excluding hydrogens is 242 g/mol. The van der Waals surface area contributed by atoms with E-state index in [1.54, 1.807) is 18.2 Å². The van der Waals surface area contributed by atoms with E-state index in [4.69, 9.17) is 5.11 Å². The molecule has 0 aromatic heterocycles. The molecular formula is C11H13NO4S. The average Bonchev–Trinajstić information content (AvgIpc) is 2.80. The highest BCUT2D eigenvalue weighted by molar-refractivity contribution is 7.92. The summed E-state index contributed by atoms with van der Waals surface area (Å²) in [6, 6.07) is 7.35. The molecule has 1 saturated heterocycles. The largest absolute Gasteiger partial charge is 0.480 e. The molecule has 1 aromatic carbocycles. The number of benzene rings is 1. The first kappa shape index (κ1) is 12.1. The van der Waals surface area contributed by atoms with E-state index in [1.165, 1.54) is 12.1 Å². The molecule has 1 heterocycles. The lowest BCUT2D eigenvalue weighted by atomic mass is 10.2. The summed E-state index contributed by atoms with van der Waals surface area (Å²) in [6.07, 6.45) is 0.118. The third-order valence-corrected chi connectivity index (χ3v) is 5.07. The molecule has 1 aliphatic rings. The number of carboxylic acids is 1. The van der Waals surface area contributed by atoms with Gasteiger partial charge in [-0.25, -0.2) is 8.42 Å². The highest BCUT2D eigenvalue weighted by Gasteiger charge is 2.37. The minimum atomic E-state index is -3.43. The van der Waals surface area contributed by atoms with Crippen LogP contribution in [0, 0.1) is 0 Å². The number of carboxylic acid groups (broad SMARTS) is 1. The normalized spacial score (nSPS) is 24.7. The van der Waals surface area contributed by atoms with Crippen molar-refractivity contribution < 1.29 is 18.3 Å². The van der Waals surface area contributed by atoms with Crippen LogP contribution in [-0.2, 0) is 14.6 Å². The zero-order valence-corrected chi connectivity index (χ0v) is 9.85. The fourth-order valence-corrected chi connectivity index (χ4v) is 3.61. The fraction of sp³-hybridized carbons (Fsp3) is 0.364. The van der Waals surface area contributed by atoms with Gasteiger partial charge in [0, 0.05) is 6.54 Å². The number of sulfone groups is 1. The van der Waals surface area contributed by atoms with Crippen LogP contribution in [0.4, 0.5) is 0 Å². The molecule has 2 N–H and O–H groups in total. The summed E-state index contributed by atoms with van der Waals surface area (Å²) in [4.78, 5) is 11.0. The zero-order valence-electron chi connectivity index (χ0n) is 9.04. The first-order valence-corrected chi connectivity index (χ1v) is 6.81. The lowest BCUT2D eigenvalue weighted by molar-refractivity contribution is -0.139. The third-order valence-electron chi connectivity index (χ3n) is 2.90. The van der Waals surface area contributed by atoms with Crippen molar-refractivity contribution in [3.63, 3.8) is 0 Å². The minimum Gasteiger partial charge on any atom is -0.480 e. The average molecular weight is 255 g/mol. The minimum absolute atomic E-state index is 0.118. The Hall–Kier alpha value is -1.40. The Bertz CT molecular complexity index is 512. The summed E-state index contributed by atoms with van der Waals surface area (Å²) in [6.45, 7) is 0.189. The second-order valence-electron chi connectivity index (χ2n) is 4.01.